The Balaban J connectivity index is 1.09. The highest BCUT2D eigenvalue weighted by molar-refractivity contribution is 5.73. The van der Waals surface area contributed by atoms with Crippen molar-refractivity contribution >= 4 is 11.9 Å². The van der Waals surface area contributed by atoms with Gasteiger partial charge in [0.2, 0.25) is 0 Å². The van der Waals surface area contributed by atoms with Crippen molar-refractivity contribution in [3.8, 4) is 0 Å². The first-order chi connectivity index (χ1) is 21.8. The lowest BCUT2D eigenvalue weighted by molar-refractivity contribution is -0.158. The first-order valence-electron chi connectivity index (χ1n) is 20.2. The summed E-state index contributed by atoms with van der Waals surface area (Å²) in [5.41, 5.74) is 0.287. The zero-order valence-corrected chi connectivity index (χ0v) is 30.1. The summed E-state index contributed by atoms with van der Waals surface area (Å²) in [6.45, 7) is 9.53. The molecule has 0 amide bonds. The minimum absolute atomic E-state index is 0.102. The van der Waals surface area contributed by atoms with Crippen molar-refractivity contribution in [2.24, 2.45) is 40.9 Å². The average molecular weight is 629 g/mol. The SMILES string of the molecule is CCCCCCC1CCC(C(=O)OC2CCC(C(C)(C)C3CCC(OC(=O)C4CCC(CCCCCC)CC4)CC3)CC2)CC1. The first kappa shape index (κ1) is 36.8. The lowest BCUT2D eigenvalue weighted by atomic mass is 9.60. The molecule has 0 heterocycles. The molecule has 4 aliphatic rings. The first-order valence-corrected chi connectivity index (χ1v) is 20.2. The fourth-order valence-corrected chi connectivity index (χ4v) is 9.80. The van der Waals surface area contributed by atoms with Gasteiger partial charge in [-0.2, -0.15) is 0 Å². The molecule has 4 nitrogen and oxygen atoms in total. The Bertz CT molecular complexity index is 766. The van der Waals surface area contributed by atoms with Crippen LogP contribution in [0.2, 0.25) is 0 Å². The number of carbonyl (C=O) groups is 2. The van der Waals surface area contributed by atoms with Crippen molar-refractivity contribution in [3.05, 3.63) is 0 Å². The predicted octanol–water partition coefficient (Wildman–Crippen LogP) is 11.8. The molecule has 0 atom stereocenters. The number of rotatable bonds is 16. The highest BCUT2D eigenvalue weighted by atomic mass is 16.5. The van der Waals surface area contributed by atoms with Crippen LogP contribution in [0, 0.1) is 40.9 Å². The number of carbonyl (C=O) groups excluding carboxylic acids is 2. The van der Waals surface area contributed by atoms with E-state index in [0.29, 0.717) is 11.8 Å². The Hall–Kier alpha value is -1.06. The summed E-state index contributed by atoms with van der Waals surface area (Å²) >= 11 is 0. The van der Waals surface area contributed by atoms with E-state index in [0.717, 1.165) is 63.2 Å². The van der Waals surface area contributed by atoms with E-state index in [1.54, 1.807) is 0 Å². The third kappa shape index (κ3) is 11.5. The van der Waals surface area contributed by atoms with Crippen LogP contribution in [0.15, 0.2) is 0 Å². The lowest BCUT2D eigenvalue weighted by Crippen LogP contribution is -2.40. The van der Waals surface area contributed by atoms with Gasteiger partial charge in [0.25, 0.3) is 0 Å². The fraction of sp³-hybridized carbons (Fsp3) is 0.951. The largest absolute Gasteiger partial charge is 0.462 e. The molecule has 0 aromatic carbocycles. The maximum absolute atomic E-state index is 13.0. The zero-order valence-electron chi connectivity index (χ0n) is 30.1. The monoisotopic (exact) mass is 629 g/mol. The van der Waals surface area contributed by atoms with E-state index in [1.807, 2.05) is 0 Å². The summed E-state index contributed by atoms with van der Waals surface area (Å²) in [5.74, 6) is 3.54. The number of ether oxygens (including phenoxy) is 2. The molecule has 4 heteroatoms. The second-order valence-corrected chi connectivity index (χ2v) is 16.8. The summed E-state index contributed by atoms with van der Waals surface area (Å²) in [6, 6.07) is 0. The van der Waals surface area contributed by atoms with Crippen LogP contribution in [0.1, 0.15) is 195 Å². The molecule has 45 heavy (non-hydrogen) atoms. The highest BCUT2D eigenvalue weighted by Crippen LogP contribution is 2.49. The van der Waals surface area contributed by atoms with Crippen LogP contribution in [0.5, 0.6) is 0 Å². The Labute approximate surface area is 278 Å². The van der Waals surface area contributed by atoms with E-state index in [9.17, 15) is 9.59 Å². The van der Waals surface area contributed by atoms with Crippen LogP contribution >= 0.6 is 0 Å². The van der Waals surface area contributed by atoms with Gasteiger partial charge in [0.1, 0.15) is 12.2 Å². The fourth-order valence-electron chi connectivity index (χ4n) is 9.80. The van der Waals surface area contributed by atoms with E-state index in [-0.39, 0.29) is 41.4 Å². The zero-order chi connectivity index (χ0) is 32.1. The Morgan fingerprint density at radius 1 is 0.489 bits per heavy atom. The number of hydrogen-bond donors (Lipinski definition) is 0. The van der Waals surface area contributed by atoms with Crippen LogP contribution in [-0.4, -0.2) is 24.1 Å². The van der Waals surface area contributed by atoms with Gasteiger partial charge in [0.15, 0.2) is 0 Å². The Kier molecular flexibility index (Phi) is 15.6. The molecule has 0 aliphatic heterocycles. The number of hydrogen-bond acceptors (Lipinski definition) is 4. The summed E-state index contributed by atoms with van der Waals surface area (Å²) in [4.78, 5) is 26.0. The second-order valence-electron chi connectivity index (χ2n) is 16.8. The smallest absolute Gasteiger partial charge is 0.309 e. The molecule has 0 radical (unpaired) electrons. The van der Waals surface area contributed by atoms with E-state index in [4.69, 9.17) is 9.47 Å². The van der Waals surface area contributed by atoms with Crippen LogP contribution in [0.4, 0.5) is 0 Å². The van der Waals surface area contributed by atoms with E-state index in [1.165, 1.54) is 116 Å². The van der Waals surface area contributed by atoms with Crippen LogP contribution in [-0.2, 0) is 19.1 Å². The number of unbranched alkanes of at least 4 members (excludes halogenated alkanes) is 6. The highest BCUT2D eigenvalue weighted by Gasteiger charge is 2.42. The summed E-state index contributed by atoms with van der Waals surface area (Å²) in [7, 11) is 0. The van der Waals surface area contributed by atoms with Crippen molar-refractivity contribution in [1.82, 2.24) is 0 Å². The van der Waals surface area contributed by atoms with Gasteiger partial charge in [0, 0.05) is 0 Å². The van der Waals surface area contributed by atoms with Crippen molar-refractivity contribution < 1.29 is 19.1 Å². The molecule has 0 saturated heterocycles. The normalized spacial score (nSPS) is 33.0. The standard InChI is InChI=1S/C41H72O4/c1-5-7-9-11-13-31-15-19-33(20-16-31)39(42)44-37-27-23-35(24-28-37)41(3,4)36-25-29-38(30-26-36)45-40(43)34-21-17-32(18-22-34)14-12-10-8-6-2/h31-38H,5-30H2,1-4H3. The quantitative estimate of drug-likeness (QED) is 0.126. The molecule has 0 aromatic heterocycles. The van der Waals surface area contributed by atoms with Gasteiger partial charge in [-0.3, -0.25) is 9.59 Å². The average Bonchev–Trinajstić information content (AvgIpc) is 3.06. The summed E-state index contributed by atoms with van der Waals surface area (Å²) < 4.78 is 12.3. The molecule has 4 saturated carbocycles. The molecule has 4 rings (SSSR count). The maximum atomic E-state index is 13.0. The minimum Gasteiger partial charge on any atom is -0.462 e. The Morgan fingerprint density at radius 2 is 0.844 bits per heavy atom. The summed E-state index contributed by atoms with van der Waals surface area (Å²) in [5, 5.41) is 0. The van der Waals surface area contributed by atoms with Gasteiger partial charge in [-0.1, -0.05) is 91.9 Å². The van der Waals surface area contributed by atoms with Crippen molar-refractivity contribution in [1.29, 1.82) is 0 Å². The molecule has 0 spiro atoms. The van der Waals surface area contributed by atoms with Crippen molar-refractivity contribution in [2.45, 2.75) is 207 Å². The summed E-state index contributed by atoms with van der Waals surface area (Å²) in [6.07, 6.45) is 31.6. The minimum atomic E-state index is 0.102. The molecular formula is C41H72O4. The predicted molar refractivity (Wildman–Crippen MR) is 186 cm³/mol. The van der Waals surface area contributed by atoms with Crippen LogP contribution < -0.4 is 0 Å². The Morgan fingerprint density at radius 3 is 1.18 bits per heavy atom. The van der Waals surface area contributed by atoms with Crippen molar-refractivity contribution in [2.75, 3.05) is 0 Å². The topological polar surface area (TPSA) is 52.6 Å². The van der Waals surface area contributed by atoms with Crippen LogP contribution in [0.3, 0.4) is 0 Å². The van der Waals surface area contributed by atoms with Gasteiger partial charge in [0.05, 0.1) is 11.8 Å². The third-order valence-corrected chi connectivity index (χ3v) is 13.3. The molecular weight excluding hydrogens is 556 g/mol. The van der Waals surface area contributed by atoms with Crippen molar-refractivity contribution in [3.63, 3.8) is 0 Å². The maximum Gasteiger partial charge on any atom is 0.309 e. The number of esters is 2. The molecule has 0 bridgehead atoms. The van der Waals surface area contributed by atoms with E-state index >= 15 is 0 Å². The third-order valence-electron chi connectivity index (χ3n) is 13.3. The van der Waals surface area contributed by atoms with Crippen LogP contribution in [0.25, 0.3) is 0 Å². The lowest BCUT2D eigenvalue weighted by Gasteiger charge is -2.46. The molecule has 4 fully saturated rings. The molecule has 0 aromatic rings. The van der Waals surface area contributed by atoms with Gasteiger partial charge < -0.3 is 9.47 Å². The van der Waals surface area contributed by atoms with Gasteiger partial charge in [-0.05, 0) is 132 Å². The molecule has 0 N–H and O–H groups in total. The van der Waals surface area contributed by atoms with Gasteiger partial charge in [-0.15, -0.1) is 0 Å². The molecule has 4 aliphatic carbocycles. The molecule has 0 unspecified atom stereocenters. The second kappa shape index (κ2) is 19.1. The van der Waals surface area contributed by atoms with E-state index < -0.39 is 0 Å². The van der Waals surface area contributed by atoms with Gasteiger partial charge in [-0.25, -0.2) is 0 Å². The molecule has 260 valence electrons. The van der Waals surface area contributed by atoms with E-state index in [2.05, 4.69) is 27.7 Å². The van der Waals surface area contributed by atoms with Gasteiger partial charge >= 0.3 is 11.9 Å².